The first-order valence-electron chi connectivity index (χ1n) is 5.81. The lowest BCUT2D eigenvalue weighted by molar-refractivity contribution is 0.391. The minimum atomic E-state index is 0.178. The molecule has 1 aliphatic heterocycles. The van der Waals surface area contributed by atoms with Crippen molar-refractivity contribution in [1.29, 1.82) is 0 Å². The largest absolute Gasteiger partial charge is 0.497 e. The van der Waals surface area contributed by atoms with Gasteiger partial charge < -0.3 is 20.1 Å². The van der Waals surface area contributed by atoms with Crippen LogP contribution in [0.4, 0.5) is 0 Å². The molecule has 0 spiro atoms. The Hall–Kier alpha value is -1.26. The minimum Gasteiger partial charge on any atom is -0.497 e. The molecular weight excluding hydrogens is 216 g/mol. The zero-order chi connectivity index (χ0) is 12.4. The van der Waals surface area contributed by atoms with Gasteiger partial charge in [-0.15, -0.1) is 0 Å². The Labute approximate surface area is 102 Å². The van der Waals surface area contributed by atoms with Gasteiger partial charge in [-0.2, -0.15) is 0 Å². The topological polar surface area (TPSA) is 47.7 Å². The van der Waals surface area contributed by atoms with Gasteiger partial charge >= 0.3 is 0 Å². The number of hydrogen-bond donors (Lipinski definition) is 1. The van der Waals surface area contributed by atoms with Gasteiger partial charge in [0, 0.05) is 31.1 Å². The summed E-state index contributed by atoms with van der Waals surface area (Å²) in [6.07, 6.45) is 0. The molecule has 0 saturated carbocycles. The molecule has 0 aromatic heterocycles. The van der Waals surface area contributed by atoms with Crippen LogP contribution in [0.15, 0.2) is 18.2 Å². The van der Waals surface area contributed by atoms with Gasteiger partial charge in [-0.1, -0.05) is 0 Å². The molecule has 1 aliphatic rings. The molecule has 17 heavy (non-hydrogen) atoms. The summed E-state index contributed by atoms with van der Waals surface area (Å²) in [5.41, 5.74) is 7.35. The third-order valence-corrected chi connectivity index (χ3v) is 3.35. The number of nitrogens with two attached hydrogens (primary N) is 1. The number of likely N-dealkylation sites (tertiary alicyclic amines) is 1. The quantitative estimate of drug-likeness (QED) is 0.852. The Morgan fingerprint density at radius 3 is 2.12 bits per heavy atom. The number of methoxy groups -OCH3 is 2. The highest BCUT2D eigenvalue weighted by molar-refractivity contribution is 5.41. The minimum absolute atomic E-state index is 0.178. The van der Waals surface area contributed by atoms with Crippen LogP contribution >= 0.6 is 0 Å². The monoisotopic (exact) mass is 236 g/mol. The highest BCUT2D eigenvalue weighted by Gasteiger charge is 2.29. The van der Waals surface area contributed by atoms with Crippen LogP contribution in [-0.2, 0) is 0 Å². The van der Waals surface area contributed by atoms with Crippen molar-refractivity contribution in [2.24, 2.45) is 5.73 Å². The van der Waals surface area contributed by atoms with Gasteiger partial charge in [0.15, 0.2) is 0 Å². The molecule has 94 valence electrons. The van der Waals surface area contributed by atoms with Gasteiger partial charge in [0.05, 0.1) is 14.2 Å². The van der Waals surface area contributed by atoms with Crippen molar-refractivity contribution in [3.63, 3.8) is 0 Å². The first-order valence-corrected chi connectivity index (χ1v) is 5.81. The van der Waals surface area contributed by atoms with Crippen LogP contribution in [0.25, 0.3) is 0 Å². The van der Waals surface area contributed by atoms with Crippen LogP contribution in [0.1, 0.15) is 11.5 Å². The summed E-state index contributed by atoms with van der Waals surface area (Å²) in [4.78, 5) is 2.25. The molecule has 2 atom stereocenters. The fourth-order valence-corrected chi connectivity index (χ4v) is 2.43. The van der Waals surface area contributed by atoms with Crippen LogP contribution < -0.4 is 15.2 Å². The molecule has 0 aliphatic carbocycles. The SMILES string of the molecule is COc1cc(OC)cc(C2CN(C)CC2N)c1. The molecule has 1 aromatic rings. The van der Waals surface area contributed by atoms with E-state index >= 15 is 0 Å². The highest BCUT2D eigenvalue weighted by atomic mass is 16.5. The van der Waals surface area contributed by atoms with E-state index in [1.165, 1.54) is 5.56 Å². The van der Waals surface area contributed by atoms with Gasteiger partial charge in [0.2, 0.25) is 0 Å². The molecule has 0 amide bonds. The molecule has 4 nitrogen and oxygen atoms in total. The fraction of sp³-hybridized carbons (Fsp3) is 0.538. The van der Waals surface area contributed by atoms with E-state index in [2.05, 4.69) is 11.9 Å². The molecule has 2 unspecified atom stereocenters. The van der Waals surface area contributed by atoms with Crippen molar-refractivity contribution < 1.29 is 9.47 Å². The van der Waals surface area contributed by atoms with E-state index in [9.17, 15) is 0 Å². The lowest BCUT2D eigenvalue weighted by Crippen LogP contribution is -2.27. The number of rotatable bonds is 3. The Kier molecular flexibility index (Phi) is 3.54. The smallest absolute Gasteiger partial charge is 0.122 e. The Balaban J connectivity index is 2.31. The molecule has 2 N–H and O–H groups in total. The number of ether oxygens (including phenoxy) is 2. The highest BCUT2D eigenvalue weighted by Crippen LogP contribution is 2.31. The summed E-state index contributed by atoms with van der Waals surface area (Å²) < 4.78 is 10.6. The lowest BCUT2D eigenvalue weighted by Gasteiger charge is -2.16. The predicted molar refractivity (Wildman–Crippen MR) is 67.8 cm³/mol. The summed E-state index contributed by atoms with van der Waals surface area (Å²) in [6.45, 7) is 1.92. The zero-order valence-corrected chi connectivity index (χ0v) is 10.6. The second-order valence-corrected chi connectivity index (χ2v) is 4.64. The molecule has 0 radical (unpaired) electrons. The Morgan fingerprint density at radius 1 is 1.12 bits per heavy atom. The van der Waals surface area contributed by atoms with E-state index in [-0.39, 0.29) is 6.04 Å². The van der Waals surface area contributed by atoms with Gasteiger partial charge in [-0.3, -0.25) is 0 Å². The van der Waals surface area contributed by atoms with Crippen molar-refractivity contribution in [1.82, 2.24) is 4.90 Å². The maximum atomic E-state index is 6.16. The van der Waals surface area contributed by atoms with Crippen molar-refractivity contribution in [3.05, 3.63) is 23.8 Å². The predicted octanol–water partition coefficient (Wildman–Crippen LogP) is 1.06. The van der Waals surface area contributed by atoms with Crippen molar-refractivity contribution in [2.45, 2.75) is 12.0 Å². The lowest BCUT2D eigenvalue weighted by atomic mass is 9.94. The molecule has 1 heterocycles. The Bertz CT molecular complexity index is 373. The first kappa shape index (κ1) is 12.2. The maximum absolute atomic E-state index is 6.16. The van der Waals surface area contributed by atoms with E-state index in [0.29, 0.717) is 5.92 Å². The summed E-state index contributed by atoms with van der Waals surface area (Å²) >= 11 is 0. The van der Waals surface area contributed by atoms with Crippen LogP contribution in [0, 0.1) is 0 Å². The summed E-state index contributed by atoms with van der Waals surface area (Å²) in [5, 5.41) is 0. The normalized spacial score (nSPS) is 24.9. The van der Waals surface area contributed by atoms with Gasteiger partial charge in [0.1, 0.15) is 11.5 Å². The molecule has 1 saturated heterocycles. The summed E-state index contributed by atoms with van der Waals surface area (Å²) in [6, 6.07) is 6.16. The van der Waals surface area contributed by atoms with Crippen LogP contribution in [0.2, 0.25) is 0 Å². The second kappa shape index (κ2) is 4.94. The average molecular weight is 236 g/mol. The number of hydrogen-bond acceptors (Lipinski definition) is 4. The standard InChI is InChI=1S/C13H20N2O2/c1-15-7-12(13(14)8-15)9-4-10(16-2)6-11(5-9)17-3/h4-6,12-13H,7-8,14H2,1-3H3. The average Bonchev–Trinajstić information content (AvgIpc) is 2.67. The third-order valence-electron chi connectivity index (χ3n) is 3.35. The van der Waals surface area contributed by atoms with E-state index < -0.39 is 0 Å². The number of benzene rings is 1. The van der Waals surface area contributed by atoms with E-state index in [0.717, 1.165) is 24.6 Å². The van der Waals surface area contributed by atoms with E-state index in [4.69, 9.17) is 15.2 Å². The third kappa shape index (κ3) is 2.53. The van der Waals surface area contributed by atoms with Gasteiger partial charge in [0.25, 0.3) is 0 Å². The fourth-order valence-electron chi connectivity index (χ4n) is 2.43. The second-order valence-electron chi connectivity index (χ2n) is 4.64. The first-order chi connectivity index (χ1) is 8.13. The van der Waals surface area contributed by atoms with Crippen molar-refractivity contribution >= 4 is 0 Å². The molecule has 4 heteroatoms. The Morgan fingerprint density at radius 2 is 1.71 bits per heavy atom. The summed E-state index contributed by atoms with van der Waals surface area (Å²) in [5.74, 6) is 1.99. The maximum Gasteiger partial charge on any atom is 0.122 e. The van der Waals surface area contributed by atoms with Crippen LogP contribution in [0.5, 0.6) is 11.5 Å². The number of likely N-dealkylation sites (N-methyl/N-ethyl adjacent to an activating group) is 1. The summed E-state index contributed by atoms with van der Waals surface area (Å²) in [7, 11) is 5.43. The molecule has 1 aromatic carbocycles. The van der Waals surface area contributed by atoms with Crippen LogP contribution in [-0.4, -0.2) is 45.3 Å². The van der Waals surface area contributed by atoms with Crippen molar-refractivity contribution in [2.75, 3.05) is 34.4 Å². The zero-order valence-electron chi connectivity index (χ0n) is 10.6. The van der Waals surface area contributed by atoms with E-state index in [1.54, 1.807) is 14.2 Å². The van der Waals surface area contributed by atoms with Gasteiger partial charge in [-0.25, -0.2) is 0 Å². The molecule has 0 bridgehead atoms. The van der Waals surface area contributed by atoms with Gasteiger partial charge in [-0.05, 0) is 24.7 Å². The molecular formula is C13H20N2O2. The molecule has 1 fully saturated rings. The molecule has 2 rings (SSSR count). The van der Waals surface area contributed by atoms with Crippen molar-refractivity contribution in [3.8, 4) is 11.5 Å². The van der Waals surface area contributed by atoms with Crippen LogP contribution in [0.3, 0.4) is 0 Å². The number of nitrogens with zero attached hydrogens (tertiary/aromatic N) is 1. The van der Waals surface area contributed by atoms with E-state index in [1.807, 2.05) is 18.2 Å².